The van der Waals surface area contributed by atoms with Crippen LogP contribution in [0, 0.1) is 10.1 Å². The number of amides is 1. The fraction of sp³-hybridized carbons (Fsp3) is 0.222. The van der Waals surface area contributed by atoms with Crippen LogP contribution >= 0.6 is 22.9 Å². The molecule has 0 spiro atoms. The number of nitrogens with zero attached hydrogens (tertiary/aromatic N) is 2. The number of thiazole rings is 1. The van der Waals surface area contributed by atoms with Crippen molar-refractivity contribution in [1.82, 2.24) is 4.98 Å². The molecule has 1 amide bonds. The fourth-order valence-electron chi connectivity index (χ4n) is 2.61. The number of nitrogens with one attached hydrogen (secondary N) is 2. The number of carbonyl (C=O) groups excluding carboxylic acids is 1. The van der Waals surface area contributed by atoms with E-state index in [1.807, 2.05) is 38.2 Å². The second-order valence-electron chi connectivity index (χ2n) is 6.23. The van der Waals surface area contributed by atoms with Gasteiger partial charge in [-0.15, -0.1) is 11.3 Å². The van der Waals surface area contributed by atoms with Crippen LogP contribution < -0.4 is 10.2 Å². The van der Waals surface area contributed by atoms with Crippen molar-refractivity contribution in [3.63, 3.8) is 0 Å². The van der Waals surface area contributed by atoms with Crippen molar-refractivity contribution in [2.24, 2.45) is 0 Å². The first-order valence-corrected chi connectivity index (χ1v) is 9.46. The van der Waals surface area contributed by atoms with Crippen LogP contribution in [-0.2, 0) is 4.79 Å². The van der Waals surface area contributed by atoms with Crippen LogP contribution in [0.3, 0.4) is 0 Å². The molecule has 2 aromatic carbocycles. The van der Waals surface area contributed by atoms with Crippen molar-refractivity contribution >= 4 is 50.4 Å². The molecule has 3 aromatic rings. The normalized spacial score (nSPS) is 13.3. The Hall–Kier alpha value is -2.55. The van der Waals surface area contributed by atoms with Gasteiger partial charge in [-0.1, -0.05) is 23.7 Å². The van der Waals surface area contributed by atoms with Crippen molar-refractivity contribution < 1.29 is 14.6 Å². The first-order valence-electron chi connectivity index (χ1n) is 8.26. The molecule has 7 nitrogen and oxygen atoms in total. The number of hydrogen-bond acceptors (Lipinski definition) is 5. The zero-order valence-corrected chi connectivity index (χ0v) is 16.3. The van der Waals surface area contributed by atoms with E-state index < -0.39 is 4.92 Å². The topological polar surface area (TPSA) is 89.6 Å². The molecule has 27 heavy (non-hydrogen) atoms. The number of benzene rings is 2. The van der Waals surface area contributed by atoms with Gasteiger partial charge in [0.25, 0.3) is 11.6 Å². The lowest BCUT2D eigenvalue weighted by atomic mass is 10.2. The smallest absolute Gasteiger partial charge is 0.279 e. The first-order chi connectivity index (χ1) is 12.8. The Kier molecular flexibility index (Phi) is 5.69. The maximum absolute atomic E-state index is 12.4. The number of rotatable bonds is 6. The predicted molar refractivity (Wildman–Crippen MR) is 107 cm³/mol. The largest absolute Gasteiger partial charge is 0.322 e. The zero-order chi connectivity index (χ0) is 19.6. The summed E-state index contributed by atoms with van der Waals surface area (Å²) in [5.41, 5.74) is 1.19. The predicted octanol–water partition coefficient (Wildman–Crippen LogP) is 3.07. The first kappa shape index (κ1) is 19.2. The van der Waals surface area contributed by atoms with E-state index in [9.17, 15) is 14.9 Å². The highest BCUT2D eigenvalue weighted by molar-refractivity contribution is 7.18. The average Bonchev–Trinajstić information content (AvgIpc) is 3.06. The van der Waals surface area contributed by atoms with E-state index in [0.717, 1.165) is 20.1 Å². The van der Waals surface area contributed by atoms with Gasteiger partial charge < -0.3 is 10.2 Å². The summed E-state index contributed by atoms with van der Waals surface area (Å²) in [6.07, 6.45) is 0. The van der Waals surface area contributed by atoms with Crippen molar-refractivity contribution in [2.75, 3.05) is 18.9 Å². The summed E-state index contributed by atoms with van der Waals surface area (Å²) >= 11 is 7.65. The van der Waals surface area contributed by atoms with Gasteiger partial charge in [0, 0.05) is 12.1 Å². The summed E-state index contributed by atoms with van der Waals surface area (Å²) in [4.78, 5) is 28.2. The Morgan fingerprint density at radius 2 is 2.11 bits per heavy atom. The lowest BCUT2D eigenvalue weighted by molar-refractivity contribution is -0.902. The van der Waals surface area contributed by atoms with Crippen LogP contribution in [0.5, 0.6) is 0 Å². The summed E-state index contributed by atoms with van der Waals surface area (Å²) in [7, 11) is 1.92. The third-order valence-electron chi connectivity index (χ3n) is 4.30. The zero-order valence-electron chi connectivity index (χ0n) is 14.7. The number of halogens is 1. The minimum Gasteiger partial charge on any atom is -0.322 e. The van der Waals surface area contributed by atoms with E-state index in [0.29, 0.717) is 5.69 Å². The minimum absolute atomic E-state index is 0.0421. The maximum Gasteiger partial charge on any atom is 0.279 e. The SMILES string of the molecule is C[C@@H](c1nc2ccccc2s1)[NH+](C)CC(=O)Nc1ccc([N+](=O)[O-])cc1Cl. The molecule has 0 saturated carbocycles. The van der Waals surface area contributed by atoms with Crippen LogP contribution in [0.2, 0.25) is 5.02 Å². The van der Waals surface area contributed by atoms with E-state index in [1.165, 1.54) is 18.2 Å². The number of fused-ring (bicyclic) bond motifs is 1. The lowest BCUT2D eigenvalue weighted by Gasteiger charge is -2.19. The number of aromatic nitrogens is 1. The van der Waals surface area contributed by atoms with E-state index in [4.69, 9.17) is 11.6 Å². The molecule has 1 heterocycles. The second-order valence-corrected chi connectivity index (χ2v) is 7.70. The summed E-state index contributed by atoms with van der Waals surface area (Å²) < 4.78 is 1.12. The van der Waals surface area contributed by atoms with E-state index in [1.54, 1.807) is 11.3 Å². The fourth-order valence-corrected chi connectivity index (χ4v) is 3.94. The Bertz CT molecular complexity index is 974. The highest BCUT2D eigenvalue weighted by Gasteiger charge is 2.22. The molecule has 1 aromatic heterocycles. The van der Waals surface area contributed by atoms with Crippen LogP contribution in [0.4, 0.5) is 11.4 Å². The number of quaternary nitrogens is 1. The maximum atomic E-state index is 12.4. The molecule has 9 heteroatoms. The number of hydrogen-bond donors (Lipinski definition) is 2. The third kappa shape index (κ3) is 4.41. The summed E-state index contributed by atoms with van der Waals surface area (Å²) in [6, 6.07) is 11.9. The highest BCUT2D eigenvalue weighted by atomic mass is 35.5. The van der Waals surface area contributed by atoms with Gasteiger partial charge in [0.2, 0.25) is 0 Å². The van der Waals surface area contributed by atoms with Crippen molar-refractivity contribution in [3.05, 3.63) is 62.6 Å². The standard InChI is InChI=1S/C18H17ClN4O3S/c1-11(18-21-15-5-3-4-6-16(15)27-18)22(2)10-17(24)20-14-8-7-12(23(25)26)9-13(14)19/h3-9,11H,10H2,1-2H3,(H,20,24)/p+1/t11-/m0/s1. The van der Waals surface area contributed by atoms with Crippen molar-refractivity contribution in [3.8, 4) is 0 Å². The summed E-state index contributed by atoms with van der Waals surface area (Å²) in [5.74, 6) is -0.226. The number of carbonyl (C=O) groups is 1. The van der Waals surface area contributed by atoms with E-state index in [-0.39, 0.29) is 29.2 Å². The third-order valence-corrected chi connectivity index (χ3v) is 5.83. The summed E-state index contributed by atoms with van der Waals surface area (Å²) in [6.45, 7) is 2.24. The summed E-state index contributed by atoms with van der Waals surface area (Å²) in [5, 5.41) is 14.6. The van der Waals surface area contributed by atoms with E-state index in [2.05, 4.69) is 10.3 Å². The second kappa shape index (κ2) is 7.99. The molecule has 140 valence electrons. The van der Waals surface area contributed by atoms with Crippen LogP contribution in [0.15, 0.2) is 42.5 Å². The molecule has 1 unspecified atom stereocenters. The number of nitro groups is 1. The Balaban J connectivity index is 1.65. The molecule has 0 aliphatic carbocycles. The minimum atomic E-state index is -0.533. The molecule has 3 rings (SSSR count). The van der Waals surface area contributed by atoms with Gasteiger partial charge in [-0.3, -0.25) is 14.9 Å². The molecular weight excluding hydrogens is 388 g/mol. The average molecular weight is 406 g/mol. The highest BCUT2D eigenvalue weighted by Crippen LogP contribution is 2.27. The van der Waals surface area contributed by atoms with Crippen molar-refractivity contribution in [2.45, 2.75) is 13.0 Å². The number of para-hydroxylation sites is 1. The quantitative estimate of drug-likeness (QED) is 0.487. The van der Waals surface area contributed by atoms with Crippen LogP contribution in [-0.4, -0.2) is 29.4 Å². The van der Waals surface area contributed by atoms with E-state index >= 15 is 0 Å². The number of non-ortho nitro benzene ring substituents is 1. The van der Waals surface area contributed by atoms with Gasteiger partial charge in [-0.2, -0.15) is 0 Å². The molecule has 0 bridgehead atoms. The molecule has 0 aliphatic rings. The lowest BCUT2D eigenvalue weighted by Crippen LogP contribution is -3.10. The van der Waals surface area contributed by atoms with Crippen LogP contribution in [0.1, 0.15) is 18.0 Å². The molecule has 0 aliphatic heterocycles. The molecule has 2 N–H and O–H groups in total. The number of likely N-dealkylation sites (N-methyl/N-ethyl adjacent to an activating group) is 1. The molecular formula is C18H18ClN4O3S+. The van der Waals surface area contributed by atoms with Gasteiger partial charge in [0.1, 0.15) is 6.04 Å². The van der Waals surface area contributed by atoms with Crippen molar-refractivity contribution in [1.29, 1.82) is 0 Å². The Labute approximate surface area is 164 Å². The molecule has 0 radical (unpaired) electrons. The van der Waals surface area contributed by atoms with Gasteiger partial charge in [-0.25, -0.2) is 4.98 Å². The Morgan fingerprint density at radius 3 is 2.78 bits per heavy atom. The number of nitro benzene ring substituents is 1. The molecule has 0 fully saturated rings. The Morgan fingerprint density at radius 1 is 1.37 bits per heavy atom. The van der Waals surface area contributed by atoms with Gasteiger partial charge in [0.15, 0.2) is 11.6 Å². The van der Waals surface area contributed by atoms with Crippen LogP contribution in [0.25, 0.3) is 10.2 Å². The van der Waals surface area contributed by atoms with Gasteiger partial charge in [0.05, 0.1) is 32.9 Å². The number of anilines is 1. The van der Waals surface area contributed by atoms with Gasteiger partial charge in [-0.05, 0) is 25.1 Å². The van der Waals surface area contributed by atoms with Gasteiger partial charge >= 0.3 is 0 Å². The molecule has 2 atom stereocenters. The molecule has 0 saturated heterocycles. The monoisotopic (exact) mass is 405 g/mol.